The van der Waals surface area contributed by atoms with Crippen LogP contribution in [0, 0.1) is 17.0 Å². The summed E-state index contributed by atoms with van der Waals surface area (Å²) in [5.41, 5.74) is 1.02. The van der Waals surface area contributed by atoms with Gasteiger partial charge >= 0.3 is 0 Å². The Morgan fingerprint density at radius 2 is 2.24 bits per heavy atom. The lowest BCUT2D eigenvalue weighted by atomic mass is 10.1. The third-order valence-electron chi connectivity index (χ3n) is 4.64. The number of amides is 1. The molecule has 0 unspecified atom stereocenters. The van der Waals surface area contributed by atoms with E-state index in [0.717, 1.165) is 19.4 Å². The summed E-state index contributed by atoms with van der Waals surface area (Å²) in [7, 11) is 0. The topological polar surface area (TPSA) is 75.5 Å². The van der Waals surface area contributed by atoms with Crippen LogP contribution in [0.4, 0.5) is 11.4 Å². The lowest BCUT2D eigenvalue weighted by Crippen LogP contribution is -2.27. The van der Waals surface area contributed by atoms with Crippen LogP contribution in [0.1, 0.15) is 35.7 Å². The van der Waals surface area contributed by atoms with E-state index >= 15 is 0 Å². The number of rotatable bonds is 6. The molecule has 2 heterocycles. The molecule has 6 nitrogen and oxygen atoms in total. The van der Waals surface area contributed by atoms with Gasteiger partial charge in [0.25, 0.3) is 5.69 Å². The minimum atomic E-state index is -0.430. The minimum absolute atomic E-state index is 0.0232. The molecule has 1 aliphatic heterocycles. The van der Waals surface area contributed by atoms with Crippen LogP contribution in [0.2, 0.25) is 0 Å². The molecule has 1 amide bonds. The van der Waals surface area contributed by atoms with Crippen LogP contribution in [0.15, 0.2) is 35.7 Å². The second-order valence-corrected chi connectivity index (χ2v) is 7.19. The van der Waals surface area contributed by atoms with Gasteiger partial charge in [0.05, 0.1) is 16.2 Å². The maximum absolute atomic E-state index is 12.3. The first kappa shape index (κ1) is 17.6. The fourth-order valence-corrected chi connectivity index (χ4v) is 4.21. The van der Waals surface area contributed by atoms with Crippen molar-refractivity contribution in [3.8, 4) is 0 Å². The number of thiophene rings is 1. The standard InChI is InChI=1S/C18H21N3O3S/c1-13-14(5-2-6-15(13)21(23)24)19-18(22)9-11-20-10-3-7-16(20)17-8-4-12-25-17/h2,4-6,8,12,16H,3,7,9-11H2,1H3,(H,19,22)/t16-/m0/s1. The fourth-order valence-electron chi connectivity index (χ4n) is 3.31. The first-order valence-corrected chi connectivity index (χ1v) is 9.25. The SMILES string of the molecule is Cc1c(NC(=O)CCN2CCC[C@H]2c2cccs2)cccc1[N+](=O)[O-]. The molecule has 2 aromatic rings. The highest BCUT2D eigenvalue weighted by Gasteiger charge is 2.26. The first-order valence-electron chi connectivity index (χ1n) is 8.37. The van der Waals surface area contributed by atoms with Crippen LogP contribution in [-0.4, -0.2) is 28.8 Å². The number of carbonyl (C=O) groups is 1. The Morgan fingerprint density at radius 1 is 1.40 bits per heavy atom. The Labute approximate surface area is 150 Å². The molecule has 0 bridgehead atoms. The van der Waals surface area contributed by atoms with Crippen molar-refractivity contribution >= 4 is 28.6 Å². The van der Waals surface area contributed by atoms with Gasteiger partial charge in [-0.3, -0.25) is 19.8 Å². The average Bonchev–Trinajstić information content (AvgIpc) is 3.25. The van der Waals surface area contributed by atoms with E-state index in [1.807, 2.05) is 0 Å². The van der Waals surface area contributed by atoms with E-state index in [4.69, 9.17) is 0 Å². The summed E-state index contributed by atoms with van der Waals surface area (Å²) in [5.74, 6) is -0.111. The van der Waals surface area contributed by atoms with Gasteiger partial charge in [-0.2, -0.15) is 0 Å². The van der Waals surface area contributed by atoms with E-state index in [9.17, 15) is 14.9 Å². The lowest BCUT2D eigenvalue weighted by Gasteiger charge is -2.23. The van der Waals surface area contributed by atoms with Gasteiger partial charge in [-0.05, 0) is 43.8 Å². The normalized spacial score (nSPS) is 17.6. The highest BCUT2D eigenvalue weighted by molar-refractivity contribution is 7.10. The number of benzene rings is 1. The molecule has 1 atom stereocenters. The predicted molar refractivity (Wildman–Crippen MR) is 98.9 cm³/mol. The van der Waals surface area contributed by atoms with Gasteiger partial charge in [-0.25, -0.2) is 0 Å². The van der Waals surface area contributed by atoms with Crippen LogP contribution in [0.25, 0.3) is 0 Å². The van der Waals surface area contributed by atoms with Crippen molar-refractivity contribution in [3.63, 3.8) is 0 Å². The van der Waals surface area contributed by atoms with Gasteiger partial charge in [0.2, 0.25) is 5.91 Å². The van der Waals surface area contributed by atoms with E-state index in [-0.39, 0.29) is 11.6 Å². The number of likely N-dealkylation sites (tertiary alicyclic amines) is 1. The first-order chi connectivity index (χ1) is 12.1. The molecule has 25 heavy (non-hydrogen) atoms. The molecular weight excluding hydrogens is 338 g/mol. The van der Waals surface area contributed by atoms with Crippen molar-refractivity contribution < 1.29 is 9.72 Å². The largest absolute Gasteiger partial charge is 0.326 e. The molecule has 0 aliphatic carbocycles. The Morgan fingerprint density at radius 3 is 2.96 bits per heavy atom. The highest BCUT2D eigenvalue weighted by atomic mass is 32.1. The van der Waals surface area contributed by atoms with Crippen molar-refractivity contribution in [3.05, 3.63) is 56.3 Å². The zero-order chi connectivity index (χ0) is 17.8. The monoisotopic (exact) mass is 359 g/mol. The van der Waals surface area contributed by atoms with Gasteiger partial charge in [0.1, 0.15) is 0 Å². The van der Waals surface area contributed by atoms with Crippen molar-refractivity contribution in [2.24, 2.45) is 0 Å². The highest BCUT2D eigenvalue weighted by Crippen LogP contribution is 2.34. The van der Waals surface area contributed by atoms with Crippen molar-refractivity contribution in [2.75, 3.05) is 18.4 Å². The van der Waals surface area contributed by atoms with Crippen molar-refractivity contribution in [1.29, 1.82) is 0 Å². The molecule has 1 saturated heterocycles. The van der Waals surface area contributed by atoms with Crippen LogP contribution in [0.3, 0.4) is 0 Å². The molecule has 1 aromatic heterocycles. The summed E-state index contributed by atoms with van der Waals surface area (Å²) in [5, 5.41) is 15.9. The second-order valence-electron chi connectivity index (χ2n) is 6.21. The Bertz CT molecular complexity index is 761. The minimum Gasteiger partial charge on any atom is -0.326 e. The van der Waals surface area contributed by atoms with E-state index in [2.05, 4.69) is 27.7 Å². The number of anilines is 1. The molecule has 132 valence electrons. The van der Waals surface area contributed by atoms with E-state index in [0.29, 0.717) is 30.3 Å². The Hall–Kier alpha value is -2.25. The summed E-state index contributed by atoms with van der Waals surface area (Å²) in [6.07, 6.45) is 2.66. The number of nitro benzene ring substituents is 1. The lowest BCUT2D eigenvalue weighted by molar-refractivity contribution is -0.385. The maximum Gasteiger partial charge on any atom is 0.274 e. The van der Waals surface area contributed by atoms with E-state index < -0.39 is 4.92 Å². The van der Waals surface area contributed by atoms with Crippen LogP contribution >= 0.6 is 11.3 Å². The molecule has 1 aromatic carbocycles. The fraction of sp³-hybridized carbons (Fsp3) is 0.389. The predicted octanol–water partition coefficient (Wildman–Crippen LogP) is 4.13. The third-order valence-corrected chi connectivity index (χ3v) is 5.61. The summed E-state index contributed by atoms with van der Waals surface area (Å²) < 4.78 is 0. The second kappa shape index (κ2) is 7.76. The molecule has 7 heteroatoms. The summed E-state index contributed by atoms with van der Waals surface area (Å²) in [6.45, 7) is 3.36. The van der Waals surface area contributed by atoms with Crippen molar-refractivity contribution in [2.45, 2.75) is 32.2 Å². The molecule has 1 fully saturated rings. The van der Waals surface area contributed by atoms with Crippen molar-refractivity contribution in [1.82, 2.24) is 4.90 Å². The maximum atomic E-state index is 12.3. The third kappa shape index (κ3) is 4.05. The molecule has 3 rings (SSSR count). The summed E-state index contributed by atoms with van der Waals surface area (Å²) in [4.78, 5) is 26.6. The van der Waals surface area contributed by atoms with Crippen LogP contribution in [0.5, 0.6) is 0 Å². The summed E-state index contributed by atoms with van der Waals surface area (Å²) >= 11 is 1.76. The van der Waals surface area contributed by atoms with E-state index in [1.165, 1.54) is 10.9 Å². The molecule has 0 saturated carbocycles. The van der Waals surface area contributed by atoms with Gasteiger partial charge in [-0.15, -0.1) is 11.3 Å². The van der Waals surface area contributed by atoms with Gasteiger partial charge in [0.15, 0.2) is 0 Å². The number of nitro groups is 1. The number of nitrogens with one attached hydrogen (secondary N) is 1. The van der Waals surface area contributed by atoms with Gasteiger partial charge < -0.3 is 5.32 Å². The zero-order valence-corrected chi connectivity index (χ0v) is 14.9. The molecule has 1 aliphatic rings. The van der Waals surface area contributed by atoms with Gasteiger partial charge in [-0.1, -0.05) is 12.1 Å². The number of nitrogens with zero attached hydrogens (tertiary/aromatic N) is 2. The molecule has 0 radical (unpaired) electrons. The Balaban J connectivity index is 1.58. The smallest absolute Gasteiger partial charge is 0.274 e. The van der Waals surface area contributed by atoms with Crippen LogP contribution in [-0.2, 0) is 4.79 Å². The molecule has 0 spiro atoms. The molecular formula is C18H21N3O3S. The number of hydrogen-bond donors (Lipinski definition) is 1. The zero-order valence-electron chi connectivity index (χ0n) is 14.1. The van der Waals surface area contributed by atoms with Gasteiger partial charge in [0, 0.05) is 30.0 Å². The average molecular weight is 359 g/mol. The number of hydrogen-bond acceptors (Lipinski definition) is 5. The quantitative estimate of drug-likeness (QED) is 0.621. The molecule has 1 N–H and O–H groups in total. The summed E-state index contributed by atoms with van der Waals surface area (Å²) in [6, 6.07) is 9.36. The van der Waals surface area contributed by atoms with E-state index in [1.54, 1.807) is 30.4 Å². The number of carbonyl (C=O) groups excluding carboxylic acids is 1. The van der Waals surface area contributed by atoms with Crippen LogP contribution < -0.4 is 5.32 Å². The Kier molecular flexibility index (Phi) is 5.45.